The van der Waals surface area contributed by atoms with E-state index in [1.165, 1.54) is 16.5 Å². The van der Waals surface area contributed by atoms with E-state index < -0.39 is 0 Å². The molecule has 0 saturated heterocycles. The van der Waals surface area contributed by atoms with Gasteiger partial charge in [0.2, 0.25) is 0 Å². The van der Waals surface area contributed by atoms with Crippen LogP contribution in [0.1, 0.15) is 26.3 Å². The number of hydrogen-bond donors (Lipinski definition) is 0. The van der Waals surface area contributed by atoms with Gasteiger partial charge in [-0.05, 0) is 52.1 Å². The summed E-state index contributed by atoms with van der Waals surface area (Å²) < 4.78 is 11.0. The third-order valence-electron chi connectivity index (χ3n) is 9.32. The summed E-state index contributed by atoms with van der Waals surface area (Å²) in [4.78, 5) is 14.6. The molecular weight excluding hydrogens is 685 g/mol. The van der Waals surface area contributed by atoms with Crippen molar-refractivity contribution in [3.05, 3.63) is 127 Å². The fraction of sp³-hybridized carbons (Fsp3) is 0.0976. The average molecular weight is 712 g/mol. The van der Waals surface area contributed by atoms with E-state index in [4.69, 9.17) is 14.7 Å². The van der Waals surface area contributed by atoms with Crippen LogP contribution in [0.5, 0.6) is 11.5 Å². The Morgan fingerprint density at radius 2 is 1.19 bits per heavy atom. The van der Waals surface area contributed by atoms with E-state index in [1.54, 1.807) is 0 Å². The maximum absolute atomic E-state index is 6.55. The monoisotopic (exact) mass is 711 g/mol. The van der Waals surface area contributed by atoms with Crippen LogP contribution in [-0.4, -0.2) is 23.8 Å². The maximum atomic E-state index is 6.55. The van der Waals surface area contributed by atoms with Gasteiger partial charge in [0.15, 0.2) is 0 Å². The summed E-state index contributed by atoms with van der Waals surface area (Å²) in [6, 6.07) is 40.5. The molecule has 0 spiro atoms. The molecule has 0 fully saturated rings. The first-order valence-electron chi connectivity index (χ1n) is 15.8. The van der Waals surface area contributed by atoms with Gasteiger partial charge in [-0.2, -0.15) is 0 Å². The van der Waals surface area contributed by atoms with Crippen molar-refractivity contribution >= 4 is 76.7 Å². The van der Waals surface area contributed by atoms with E-state index >= 15 is 0 Å². The van der Waals surface area contributed by atoms with Crippen molar-refractivity contribution in [3.63, 3.8) is 0 Å². The Morgan fingerprint density at radius 3 is 1.85 bits per heavy atom. The molecule has 0 saturated carbocycles. The Bertz CT molecular complexity index is 2930. The zero-order valence-electron chi connectivity index (χ0n) is 26.4. The summed E-state index contributed by atoms with van der Waals surface area (Å²) in [6.45, 7) is 6.79. The van der Waals surface area contributed by atoms with Gasteiger partial charge < -0.3 is 13.5 Å². The van der Waals surface area contributed by atoms with E-state index in [0.717, 1.165) is 65.8 Å². The van der Waals surface area contributed by atoms with Crippen LogP contribution < -0.4 is 4.74 Å². The van der Waals surface area contributed by atoms with Crippen LogP contribution in [0.3, 0.4) is 0 Å². The molecule has 5 aromatic heterocycles. The Labute approximate surface area is 289 Å². The first-order valence-corrected chi connectivity index (χ1v) is 15.8. The zero-order chi connectivity index (χ0) is 31.4. The second-order valence-corrected chi connectivity index (χ2v) is 13.2. The van der Waals surface area contributed by atoms with Crippen LogP contribution in [0, 0.1) is 12.1 Å². The van der Waals surface area contributed by atoms with Crippen LogP contribution in [0.2, 0.25) is 0 Å². The summed E-state index contributed by atoms with van der Waals surface area (Å²) in [5.41, 5.74) is 9.07. The van der Waals surface area contributed by atoms with Crippen LogP contribution >= 0.6 is 0 Å². The molecular formula is C41H27N5OPd. The van der Waals surface area contributed by atoms with Crippen LogP contribution in [0.15, 0.2) is 109 Å². The van der Waals surface area contributed by atoms with E-state index in [-0.39, 0.29) is 25.8 Å². The van der Waals surface area contributed by atoms with Gasteiger partial charge in [-0.3, -0.25) is 15.0 Å². The number of rotatable bonds is 2. The second-order valence-electron chi connectivity index (χ2n) is 13.2. The quantitative estimate of drug-likeness (QED) is 0.102. The first-order chi connectivity index (χ1) is 22.9. The SMILES string of the molecule is CC(C)(C)c1cccc2c3ccc(Oc4[c-]c5c(cc4)c4ccncc4n4c6ccccc6nc54)[c-]c3c3nc4ccccc4n3c12.[Pd+2]. The van der Waals surface area contributed by atoms with Crippen molar-refractivity contribution in [2.75, 3.05) is 0 Å². The summed E-state index contributed by atoms with van der Waals surface area (Å²) in [5.74, 6) is 1.19. The van der Waals surface area contributed by atoms with Gasteiger partial charge in [0.1, 0.15) is 0 Å². The number of fused-ring (bicyclic) bond motifs is 16. The Morgan fingerprint density at radius 1 is 0.583 bits per heavy atom. The predicted molar refractivity (Wildman–Crippen MR) is 190 cm³/mol. The van der Waals surface area contributed by atoms with Gasteiger partial charge in [-0.1, -0.05) is 109 Å². The normalized spacial score (nSPS) is 12.3. The minimum absolute atomic E-state index is 0. The zero-order valence-corrected chi connectivity index (χ0v) is 27.9. The molecule has 0 bridgehead atoms. The first kappa shape index (κ1) is 28.8. The Kier molecular flexibility index (Phi) is 6.20. The molecule has 0 unspecified atom stereocenters. The number of benzene rings is 5. The van der Waals surface area contributed by atoms with Crippen LogP contribution in [0.4, 0.5) is 0 Å². The topological polar surface area (TPSA) is 56.7 Å². The minimum atomic E-state index is -0.0574. The summed E-state index contributed by atoms with van der Waals surface area (Å²) in [5, 5.41) is 6.19. The molecule has 48 heavy (non-hydrogen) atoms. The molecule has 5 aromatic carbocycles. The van der Waals surface area contributed by atoms with Gasteiger partial charge >= 0.3 is 20.4 Å². The van der Waals surface area contributed by atoms with Gasteiger partial charge in [0, 0.05) is 29.4 Å². The number of para-hydroxylation sites is 5. The Hall–Kier alpha value is -5.35. The third kappa shape index (κ3) is 4.05. The standard InChI is InChI=1S/C41H27N5O.Pd/c1-41(2,3)32-10-8-9-29-27-18-16-25(22-31(27)40-44-34-12-5-7-14-36(34)46(40)38(29)32)47-24-15-17-26-28-19-20-42-23-37(28)45-35-13-6-4-11-33(35)43-39(45)30(26)21-24;/h4-20,23H,1-3H3;/q-2;+2. The molecule has 10 aromatic rings. The van der Waals surface area contributed by atoms with E-state index in [9.17, 15) is 0 Å². The predicted octanol–water partition coefficient (Wildman–Crippen LogP) is 9.98. The molecule has 10 rings (SSSR count). The summed E-state index contributed by atoms with van der Waals surface area (Å²) in [7, 11) is 0. The molecule has 5 heterocycles. The number of aromatic nitrogens is 5. The number of imidazole rings is 2. The number of hydrogen-bond acceptors (Lipinski definition) is 4. The van der Waals surface area contributed by atoms with E-state index in [2.05, 4.69) is 101 Å². The third-order valence-corrected chi connectivity index (χ3v) is 9.32. The molecule has 0 N–H and O–H groups in total. The van der Waals surface area contributed by atoms with E-state index in [1.807, 2.05) is 54.9 Å². The molecule has 7 heteroatoms. The van der Waals surface area contributed by atoms with Crippen molar-refractivity contribution in [1.29, 1.82) is 0 Å². The van der Waals surface area contributed by atoms with Gasteiger partial charge in [0.25, 0.3) is 0 Å². The van der Waals surface area contributed by atoms with Gasteiger partial charge in [-0.15, -0.1) is 12.1 Å². The second kappa shape index (κ2) is 10.3. The number of ether oxygens (including phenoxy) is 1. The summed E-state index contributed by atoms with van der Waals surface area (Å²) in [6.07, 6.45) is 3.73. The summed E-state index contributed by atoms with van der Waals surface area (Å²) >= 11 is 0. The van der Waals surface area contributed by atoms with Gasteiger partial charge in [0.05, 0.1) is 38.9 Å². The minimum Gasteiger partial charge on any atom is -0.497 e. The molecule has 0 aliphatic heterocycles. The van der Waals surface area contributed by atoms with Crippen molar-refractivity contribution in [1.82, 2.24) is 23.8 Å². The molecule has 0 aliphatic rings. The average Bonchev–Trinajstić information content (AvgIpc) is 3.68. The molecule has 6 nitrogen and oxygen atoms in total. The fourth-order valence-electron chi connectivity index (χ4n) is 7.24. The number of pyridine rings is 3. The van der Waals surface area contributed by atoms with Crippen molar-refractivity contribution in [2.24, 2.45) is 0 Å². The molecule has 0 amide bonds. The maximum Gasteiger partial charge on any atom is 2.00 e. The molecule has 232 valence electrons. The van der Waals surface area contributed by atoms with Crippen molar-refractivity contribution in [3.8, 4) is 11.5 Å². The number of nitrogens with zero attached hydrogens (tertiary/aromatic N) is 5. The fourth-order valence-corrected chi connectivity index (χ4v) is 7.24. The van der Waals surface area contributed by atoms with E-state index in [0.29, 0.717) is 11.5 Å². The smallest absolute Gasteiger partial charge is 0.497 e. The van der Waals surface area contributed by atoms with Crippen molar-refractivity contribution < 1.29 is 25.2 Å². The Balaban J connectivity index is 0.00000314. The molecule has 0 aliphatic carbocycles. The van der Waals surface area contributed by atoms with Gasteiger partial charge in [-0.25, -0.2) is 0 Å². The van der Waals surface area contributed by atoms with Crippen LogP contribution in [0.25, 0.3) is 76.7 Å². The molecule has 0 radical (unpaired) electrons. The van der Waals surface area contributed by atoms with Crippen molar-refractivity contribution in [2.45, 2.75) is 26.2 Å². The largest absolute Gasteiger partial charge is 2.00 e. The van der Waals surface area contributed by atoms with Crippen LogP contribution in [-0.2, 0) is 25.8 Å². The molecule has 0 atom stereocenters.